The second-order valence-electron chi connectivity index (χ2n) is 5.84. The van der Waals surface area contributed by atoms with Crippen molar-refractivity contribution in [3.05, 3.63) is 78.3 Å². The number of carbonyl (C=O) groups is 2. The Morgan fingerprint density at radius 3 is 2.48 bits per heavy atom. The molecule has 0 aliphatic heterocycles. The van der Waals surface area contributed by atoms with Gasteiger partial charge in [0.15, 0.2) is 5.76 Å². The molecule has 0 fully saturated rings. The highest BCUT2D eigenvalue weighted by atomic mass is 32.2. The number of nitrogens with one attached hydrogen (secondary N) is 2. The largest absolute Gasteiger partial charge is 0.459 e. The standard InChI is InChI=1S/C20H15F3N2O3S/c21-20(22,23)15-7-1-2-8-16(15)25-18(26)12-29-14-6-3-5-13(11-14)24-19(27)17-9-4-10-28-17/h1-11H,12H2,(H,24,27)(H,25,26). The molecular formula is C20H15F3N2O3S. The van der Waals surface area contributed by atoms with Gasteiger partial charge in [0.05, 0.1) is 23.3 Å². The van der Waals surface area contributed by atoms with Crippen molar-refractivity contribution in [1.82, 2.24) is 0 Å². The lowest BCUT2D eigenvalue weighted by molar-refractivity contribution is -0.137. The van der Waals surface area contributed by atoms with Gasteiger partial charge in [-0.2, -0.15) is 13.2 Å². The molecule has 0 aliphatic rings. The average molecular weight is 420 g/mol. The van der Waals surface area contributed by atoms with Crippen LogP contribution < -0.4 is 10.6 Å². The first-order chi connectivity index (χ1) is 13.8. The van der Waals surface area contributed by atoms with E-state index in [2.05, 4.69) is 10.6 Å². The summed E-state index contributed by atoms with van der Waals surface area (Å²) in [5.74, 6) is -0.928. The molecule has 9 heteroatoms. The van der Waals surface area contributed by atoms with Gasteiger partial charge in [-0.05, 0) is 42.5 Å². The lowest BCUT2D eigenvalue weighted by atomic mass is 10.1. The molecule has 5 nitrogen and oxygen atoms in total. The number of hydrogen-bond donors (Lipinski definition) is 2. The predicted molar refractivity (Wildman–Crippen MR) is 104 cm³/mol. The highest BCUT2D eigenvalue weighted by Gasteiger charge is 2.33. The molecule has 3 aromatic rings. The summed E-state index contributed by atoms with van der Waals surface area (Å²) in [6.45, 7) is 0. The van der Waals surface area contributed by atoms with E-state index in [9.17, 15) is 22.8 Å². The molecule has 0 saturated heterocycles. The number of thioether (sulfide) groups is 1. The third-order valence-electron chi connectivity index (χ3n) is 3.71. The van der Waals surface area contributed by atoms with Gasteiger partial charge in [-0.3, -0.25) is 9.59 Å². The lowest BCUT2D eigenvalue weighted by Crippen LogP contribution is -2.18. The number of carbonyl (C=O) groups excluding carboxylic acids is 2. The zero-order valence-electron chi connectivity index (χ0n) is 14.8. The van der Waals surface area contributed by atoms with Crippen molar-refractivity contribution in [2.75, 3.05) is 16.4 Å². The number of furan rings is 1. The third-order valence-corrected chi connectivity index (χ3v) is 4.71. The lowest BCUT2D eigenvalue weighted by Gasteiger charge is -2.13. The molecule has 0 atom stereocenters. The van der Waals surface area contributed by atoms with Crippen LogP contribution in [0.15, 0.2) is 76.2 Å². The summed E-state index contributed by atoms with van der Waals surface area (Å²) in [7, 11) is 0. The Kier molecular flexibility index (Phi) is 6.28. The van der Waals surface area contributed by atoms with E-state index in [1.54, 1.807) is 30.3 Å². The van der Waals surface area contributed by atoms with Crippen molar-refractivity contribution in [3.63, 3.8) is 0 Å². The number of alkyl halides is 3. The van der Waals surface area contributed by atoms with Crippen molar-refractivity contribution in [2.24, 2.45) is 0 Å². The Morgan fingerprint density at radius 1 is 0.966 bits per heavy atom. The van der Waals surface area contributed by atoms with Crippen LogP contribution in [0.4, 0.5) is 24.5 Å². The van der Waals surface area contributed by atoms with Crippen LogP contribution in [0.5, 0.6) is 0 Å². The minimum Gasteiger partial charge on any atom is -0.459 e. The third kappa shape index (κ3) is 5.64. The van der Waals surface area contributed by atoms with Gasteiger partial charge in [-0.15, -0.1) is 11.8 Å². The van der Waals surface area contributed by atoms with Crippen LogP contribution in [0.3, 0.4) is 0 Å². The van der Waals surface area contributed by atoms with E-state index in [1.165, 1.54) is 30.5 Å². The Bertz CT molecular complexity index is 1000. The van der Waals surface area contributed by atoms with E-state index in [0.29, 0.717) is 10.6 Å². The maximum atomic E-state index is 13.0. The van der Waals surface area contributed by atoms with E-state index in [0.717, 1.165) is 17.8 Å². The Hall–Kier alpha value is -3.20. The molecule has 0 spiro atoms. The summed E-state index contributed by atoms with van der Waals surface area (Å²) in [5, 5.41) is 4.96. The number of halogens is 3. The monoisotopic (exact) mass is 420 g/mol. The first-order valence-corrected chi connectivity index (χ1v) is 9.35. The van der Waals surface area contributed by atoms with Gasteiger partial charge >= 0.3 is 6.18 Å². The number of anilines is 2. The fourth-order valence-electron chi connectivity index (χ4n) is 2.44. The average Bonchev–Trinajstić information content (AvgIpc) is 3.21. The molecule has 2 aromatic carbocycles. The van der Waals surface area contributed by atoms with Gasteiger partial charge in [0.2, 0.25) is 5.91 Å². The quantitative estimate of drug-likeness (QED) is 0.532. The minimum atomic E-state index is -4.56. The molecule has 2 N–H and O–H groups in total. The van der Waals surface area contributed by atoms with Crippen LogP contribution in [0.1, 0.15) is 16.1 Å². The van der Waals surface area contributed by atoms with E-state index >= 15 is 0 Å². The van der Waals surface area contributed by atoms with Crippen LogP contribution >= 0.6 is 11.8 Å². The van der Waals surface area contributed by atoms with Gasteiger partial charge in [0, 0.05) is 10.6 Å². The molecule has 0 aliphatic carbocycles. The number of para-hydroxylation sites is 1. The molecule has 0 radical (unpaired) electrons. The Morgan fingerprint density at radius 2 is 1.76 bits per heavy atom. The highest BCUT2D eigenvalue weighted by molar-refractivity contribution is 8.00. The van der Waals surface area contributed by atoms with E-state index in [1.807, 2.05) is 0 Å². The maximum absolute atomic E-state index is 13.0. The van der Waals surface area contributed by atoms with Gasteiger partial charge < -0.3 is 15.1 Å². The van der Waals surface area contributed by atoms with Gasteiger partial charge in [-0.25, -0.2) is 0 Å². The van der Waals surface area contributed by atoms with Crippen LogP contribution in [-0.4, -0.2) is 17.6 Å². The number of rotatable bonds is 6. The summed E-state index contributed by atoms with van der Waals surface area (Å²) in [4.78, 5) is 24.8. The summed E-state index contributed by atoms with van der Waals surface area (Å²) in [5.41, 5.74) is -0.690. The summed E-state index contributed by atoms with van der Waals surface area (Å²) in [6.07, 6.45) is -3.17. The maximum Gasteiger partial charge on any atom is 0.418 e. The van der Waals surface area contributed by atoms with Crippen LogP contribution in [0.25, 0.3) is 0 Å². The van der Waals surface area contributed by atoms with Crippen LogP contribution in [0.2, 0.25) is 0 Å². The molecule has 3 rings (SSSR count). The minimum absolute atomic E-state index is 0.0955. The Labute approximate surface area is 168 Å². The predicted octanol–water partition coefficient (Wildman–Crippen LogP) is 5.28. The molecular weight excluding hydrogens is 405 g/mol. The summed E-state index contributed by atoms with van der Waals surface area (Å²) < 4.78 is 44.0. The zero-order chi connectivity index (χ0) is 20.9. The van der Waals surface area contributed by atoms with E-state index in [4.69, 9.17) is 4.42 Å². The molecule has 0 unspecified atom stereocenters. The highest BCUT2D eigenvalue weighted by Crippen LogP contribution is 2.34. The molecule has 1 aromatic heterocycles. The topological polar surface area (TPSA) is 71.3 Å². The van der Waals surface area contributed by atoms with E-state index < -0.39 is 23.6 Å². The second kappa shape index (κ2) is 8.87. The van der Waals surface area contributed by atoms with Gasteiger partial charge in [0.1, 0.15) is 0 Å². The van der Waals surface area contributed by atoms with Crippen molar-refractivity contribution >= 4 is 35.0 Å². The molecule has 1 heterocycles. The first-order valence-electron chi connectivity index (χ1n) is 8.37. The number of hydrogen-bond acceptors (Lipinski definition) is 4. The Balaban J connectivity index is 1.59. The van der Waals surface area contributed by atoms with Crippen molar-refractivity contribution in [1.29, 1.82) is 0 Å². The van der Waals surface area contributed by atoms with Gasteiger partial charge in [-0.1, -0.05) is 18.2 Å². The first kappa shape index (κ1) is 20.5. The van der Waals surface area contributed by atoms with Crippen molar-refractivity contribution < 1.29 is 27.2 Å². The molecule has 150 valence electrons. The second-order valence-corrected chi connectivity index (χ2v) is 6.89. The normalized spacial score (nSPS) is 11.1. The van der Waals surface area contributed by atoms with E-state index in [-0.39, 0.29) is 17.2 Å². The SMILES string of the molecule is O=C(CSc1cccc(NC(=O)c2ccco2)c1)Nc1ccccc1C(F)(F)F. The van der Waals surface area contributed by atoms with Crippen LogP contribution in [-0.2, 0) is 11.0 Å². The smallest absolute Gasteiger partial charge is 0.418 e. The van der Waals surface area contributed by atoms with Crippen molar-refractivity contribution in [3.8, 4) is 0 Å². The van der Waals surface area contributed by atoms with Gasteiger partial charge in [0.25, 0.3) is 5.91 Å². The zero-order valence-corrected chi connectivity index (χ0v) is 15.6. The summed E-state index contributed by atoms with van der Waals surface area (Å²) >= 11 is 1.13. The number of benzene rings is 2. The van der Waals surface area contributed by atoms with Crippen molar-refractivity contribution in [2.45, 2.75) is 11.1 Å². The number of amides is 2. The molecule has 0 bridgehead atoms. The fraction of sp³-hybridized carbons (Fsp3) is 0.100. The summed E-state index contributed by atoms with van der Waals surface area (Å²) in [6, 6.07) is 14.7. The molecule has 0 saturated carbocycles. The molecule has 2 amide bonds. The van der Waals surface area contributed by atoms with Crippen LogP contribution in [0, 0.1) is 0 Å². The fourth-order valence-corrected chi connectivity index (χ4v) is 3.19. The molecule has 29 heavy (non-hydrogen) atoms.